The first-order valence-electron chi connectivity index (χ1n) is 9.60. The van der Waals surface area contributed by atoms with E-state index in [0.717, 1.165) is 64.1 Å². The van der Waals surface area contributed by atoms with Crippen molar-refractivity contribution in [2.45, 2.75) is 45.6 Å². The van der Waals surface area contributed by atoms with Crippen molar-refractivity contribution >= 4 is 17.3 Å². The van der Waals surface area contributed by atoms with Crippen molar-refractivity contribution in [3.8, 4) is 0 Å². The van der Waals surface area contributed by atoms with Crippen molar-refractivity contribution in [2.75, 3.05) is 43.4 Å². The van der Waals surface area contributed by atoms with Gasteiger partial charge in [-0.15, -0.1) is 0 Å². The van der Waals surface area contributed by atoms with E-state index in [0.29, 0.717) is 0 Å². The van der Waals surface area contributed by atoms with Gasteiger partial charge in [0.15, 0.2) is 0 Å². The minimum absolute atomic E-state index is 0.0238. The van der Waals surface area contributed by atoms with Gasteiger partial charge in [0.05, 0.1) is 5.41 Å². The number of hydrogen-bond donors (Lipinski definition) is 1. The zero-order valence-electron chi connectivity index (χ0n) is 15.5. The quantitative estimate of drug-likeness (QED) is 0.634. The Morgan fingerprint density at radius 2 is 1.76 bits per heavy atom. The molecule has 138 valence electrons. The van der Waals surface area contributed by atoms with Crippen molar-refractivity contribution in [3.63, 3.8) is 0 Å². The molecule has 2 aliphatic heterocycles. The maximum atomic E-state index is 12.2. The topological polar surface area (TPSA) is 58.8 Å². The molecule has 2 heterocycles. The summed E-state index contributed by atoms with van der Waals surface area (Å²) in [6.45, 7) is 9.38. The Kier molecular flexibility index (Phi) is 5.52. The highest BCUT2D eigenvalue weighted by molar-refractivity contribution is 5.78. The number of rotatable bonds is 6. The zero-order chi connectivity index (χ0) is 17.9. The lowest BCUT2D eigenvalue weighted by Crippen LogP contribution is -2.47. The molecule has 2 saturated heterocycles. The van der Waals surface area contributed by atoms with E-state index in [4.69, 9.17) is 10.5 Å². The third kappa shape index (κ3) is 3.92. The number of cyclic esters (lactones) is 1. The number of ether oxygens (including phenoxy) is 1. The van der Waals surface area contributed by atoms with Crippen LogP contribution in [0.15, 0.2) is 24.3 Å². The largest absolute Gasteiger partial charge is 0.462 e. The van der Waals surface area contributed by atoms with Crippen LogP contribution in [-0.4, -0.2) is 49.7 Å². The number of anilines is 2. The van der Waals surface area contributed by atoms with E-state index in [2.05, 4.69) is 35.8 Å². The molecule has 1 aromatic rings. The highest BCUT2D eigenvalue weighted by atomic mass is 16.6. The summed E-state index contributed by atoms with van der Waals surface area (Å²) in [5.41, 5.74) is 7.59. The Morgan fingerprint density at radius 1 is 1.12 bits per heavy atom. The zero-order valence-corrected chi connectivity index (χ0v) is 15.5. The number of carbonyl (C=O) groups is 1. The molecule has 0 bridgehead atoms. The van der Waals surface area contributed by atoms with Gasteiger partial charge in [-0.25, -0.2) is 0 Å². The van der Waals surface area contributed by atoms with Crippen LogP contribution in [0.3, 0.4) is 0 Å². The Balaban J connectivity index is 1.44. The molecular formula is C20H31N3O2. The van der Waals surface area contributed by atoms with Crippen LogP contribution in [0.1, 0.15) is 39.5 Å². The average Bonchev–Trinajstić information content (AvgIpc) is 2.97. The Labute approximate surface area is 151 Å². The van der Waals surface area contributed by atoms with E-state index in [-0.39, 0.29) is 17.5 Å². The summed E-state index contributed by atoms with van der Waals surface area (Å²) in [5, 5.41) is 0. The second-order valence-corrected chi connectivity index (χ2v) is 7.43. The predicted molar refractivity (Wildman–Crippen MR) is 102 cm³/mol. The molecule has 2 fully saturated rings. The SMILES string of the molecule is CCC1(CC)C[C@H](CCN2CCN(c3ccc(N)cc3)CC2)OC1=O. The minimum atomic E-state index is -0.224. The van der Waals surface area contributed by atoms with Crippen LogP contribution < -0.4 is 10.6 Å². The molecule has 0 saturated carbocycles. The van der Waals surface area contributed by atoms with Gasteiger partial charge in [0.1, 0.15) is 6.10 Å². The van der Waals surface area contributed by atoms with Crippen molar-refractivity contribution in [3.05, 3.63) is 24.3 Å². The fourth-order valence-electron chi connectivity index (χ4n) is 4.07. The van der Waals surface area contributed by atoms with Gasteiger partial charge in [0.25, 0.3) is 0 Å². The number of esters is 1. The third-order valence-corrected chi connectivity index (χ3v) is 6.08. The molecule has 5 nitrogen and oxygen atoms in total. The van der Waals surface area contributed by atoms with E-state index in [1.807, 2.05) is 12.1 Å². The molecule has 2 aliphatic rings. The van der Waals surface area contributed by atoms with Gasteiger partial charge in [-0.2, -0.15) is 0 Å². The van der Waals surface area contributed by atoms with E-state index >= 15 is 0 Å². The number of nitrogen functional groups attached to an aromatic ring is 1. The summed E-state index contributed by atoms with van der Waals surface area (Å²) in [6, 6.07) is 8.11. The molecular weight excluding hydrogens is 314 g/mol. The van der Waals surface area contributed by atoms with Crippen LogP contribution in [0.25, 0.3) is 0 Å². The Bertz CT molecular complexity index is 575. The van der Waals surface area contributed by atoms with Crippen LogP contribution in [-0.2, 0) is 9.53 Å². The van der Waals surface area contributed by atoms with Gasteiger partial charge in [-0.05, 0) is 43.5 Å². The van der Waals surface area contributed by atoms with Gasteiger partial charge in [-0.3, -0.25) is 9.69 Å². The number of hydrogen-bond acceptors (Lipinski definition) is 5. The molecule has 3 rings (SSSR count). The smallest absolute Gasteiger partial charge is 0.312 e. The number of piperazine rings is 1. The van der Waals surface area contributed by atoms with Crippen molar-refractivity contribution in [1.29, 1.82) is 0 Å². The molecule has 5 heteroatoms. The van der Waals surface area contributed by atoms with Crippen LogP contribution >= 0.6 is 0 Å². The molecule has 0 aromatic heterocycles. The lowest BCUT2D eigenvalue weighted by molar-refractivity contribution is -0.149. The van der Waals surface area contributed by atoms with Gasteiger partial charge in [0.2, 0.25) is 0 Å². The summed E-state index contributed by atoms with van der Waals surface area (Å²) < 4.78 is 5.66. The van der Waals surface area contributed by atoms with Crippen LogP contribution in [0.5, 0.6) is 0 Å². The number of benzene rings is 1. The molecule has 0 aliphatic carbocycles. The van der Waals surface area contributed by atoms with E-state index < -0.39 is 0 Å². The maximum absolute atomic E-state index is 12.2. The van der Waals surface area contributed by atoms with Gasteiger partial charge in [0, 0.05) is 50.5 Å². The van der Waals surface area contributed by atoms with Crippen molar-refractivity contribution < 1.29 is 9.53 Å². The molecule has 2 N–H and O–H groups in total. The lowest BCUT2D eigenvalue weighted by atomic mass is 9.79. The fraction of sp³-hybridized carbons (Fsp3) is 0.650. The van der Waals surface area contributed by atoms with Crippen LogP contribution in [0.2, 0.25) is 0 Å². The molecule has 0 unspecified atom stereocenters. The predicted octanol–water partition coefficient (Wildman–Crippen LogP) is 2.90. The molecule has 25 heavy (non-hydrogen) atoms. The summed E-state index contributed by atoms with van der Waals surface area (Å²) >= 11 is 0. The molecule has 0 spiro atoms. The molecule has 0 amide bonds. The Morgan fingerprint density at radius 3 is 2.32 bits per heavy atom. The van der Waals surface area contributed by atoms with Crippen molar-refractivity contribution in [1.82, 2.24) is 4.90 Å². The first-order chi connectivity index (χ1) is 12.1. The number of carbonyl (C=O) groups excluding carboxylic acids is 1. The molecule has 1 aromatic carbocycles. The monoisotopic (exact) mass is 345 g/mol. The van der Waals surface area contributed by atoms with E-state index in [1.165, 1.54) is 5.69 Å². The first-order valence-corrected chi connectivity index (χ1v) is 9.60. The standard InChI is InChI=1S/C20H31N3O2/c1-3-20(4-2)15-18(25-19(20)24)9-10-22-11-13-23(14-12-22)17-7-5-16(21)6-8-17/h5-8,18H,3-4,9-15,21H2,1-2H3/t18-/m0/s1. The summed E-state index contributed by atoms with van der Waals surface area (Å²) in [6.07, 6.45) is 3.72. The second-order valence-electron chi connectivity index (χ2n) is 7.43. The average molecular weight is 345 g/mol. The second kappa shape index (κ2) is 7.65. The van der Waals surface area contributed by atoms with Crippen LogP contribution in [0.4, 0.5) is 11.4 Å². The highest BCUT2D eigenvalue weighted by Crippen LogP contribution is 2.41. The normalized spacial score (nSPS) is 23.7. The molecule has 0 radical (unpaired) electrons. The van der Waals surface area contributed by atoms with Gasteiger partial charge in [-0.1, -0.05) is 13.8 Å². The maximum Gasteiger partial charge on any atom is 0.312 e. The van der Waals surface area contributed by atoms with E-state index in [1.54, 1.807) is 0 Å². The number of nitrogens with two attached hydrogens (primary N) is 1. The first kappa shape index (κ1) is 18.1. The molecule has 1 atom stereocenters. The summed E-state index contributed by atoms with van der Waals surface area (Å²) in [4.78, 5) is 17.1. The third-order valence-electron chi connectivity index (χ3n) is 6.08. The minimum Gasteiger partial charge on any atom is -0.462 e. The highest BCUT2D eigenvalue weighted by Gasteiger charge is 2.46. The van der Waals surface area contributed by atoms with Crippen molar-refractivity contribution in [2.24, 2.45) is 5.41 Å². The lowest BCUT2D eigenvalue weighted by Gasteiger charge is -2.36. The fourth-order valence-corrected chi connectivity index (χ4v) is 4.07. The van der Waals surface area contributed by atoms with Gasteiger partial charge < -0.3 is 15.4 Å². The van der Waals surface area contributed by atoms with E-state index in [9.17, 15) is 4.79 Å². The summed E-state index contributed by atoms with van der Waals surface area (Å²) in [5.74, 6) is 0.0238. The van der Waals surface area contributed by atoms with Crippen LogP contribution in [0, 0.1) is 5.41 Å². The summed E-state index contributed by atoms with van der Waals surface area (Å²) in [7, 11) is 0. The number of nitrogens with zero attached hydrogens (tertiary/aromatic N) is 2. The van der Waals surface area contributed by atoms with Gasteiger partial charge >= 0.3 is 5.97 Å². The Hall–Kier alpha value is -1.75.